The van der Waals surface area contributed by atoms with Crippen molar-refractivity contribution in [3.63, 3.8) is 0 Å². The lowest BCUT2D eigenvalue weighted by Crippen LogP contribution is -2.38. The van der Waals surface area contributed by atoms with E-state index in [-0.39, 0.29) is 0 Å². The number of fused-ring (bicyclic) bond motifs is 6. The molecule has 0 spiro atoms. The number of aryl methyl sites for hydroxylation is 1. The highest BCUT2D eigenvalue weighted by molar-refractivity contribution is 5.45. The molecule has 2 aliphatic heterocycles. The maximum absolute atomic E-state index is 5.37. The number of nitrogens with zero attached hydrogens (tertiary/aromatic N) is 4. The number of furan rings is 1. The van der Waals surface area contributed by atoms with E-state index in [9.17, 15) is 0 Å². The predicted octanol–water partition coefficient (Wildman–Crippen LogP) is 3.41. The molecule has 5 heterocycles. The van der Waals surface area contributed by atoms with Crippen molar-refractivity contribution in [3.05, 3.63) is 59.4 Å². The molecule has 0 aliphatic carbocycles. The molecule has 1 fully saturated rings. The van der Waals surface area contributed by atoms with Gasteiger partial charge in [-0.15, -0.1) is 0 Å². The van der Waals surface area contributed by atoms with Crippen LogP contribution in [-0.2, 0) is 6.42 Å². The molecule has 5 rings (SSSR count). The maximum Gasteiger partial charge on any atom is 0.155 e. The van der Waals surface area contributed by atoms with Gasteiger partial charge >= 0.3 is 0 Å². The van der Waals surface area contributed by atoms with Gasteiger partial charge in [0.15, 0.2) is 5.65 Å². The van der Waals surface area contributed by atoms with Gasteiger partial charge in [-0.3, -0.25) is 4.90 Å². The van der Waals surface area contributed by atoms with Crippen molar-refractivity contribution < 1.29 is 4.42 Å². The van der Waals surface area contributed by atoms with Crippen LogP contribution in [0.4, 0.5) is 0 Å². The summed E-state index contributed by atoms with van der Waals surface area (Å²) in [4.78, 5) is 7.23. The van der Waals surface area contributed by atoms with Gasteiger partial charge in [0.25, 0.3) is 0 Å². The minimum absolute atomic E-state index is 0.460. The van der Waals surface area contributed by atoms with Crippen LogP contribution in [0, 0.1) is 6.92 Å². The van der Waals surface area contributed by atoms with Crippen LogP contribution in [0.1, 0.15) is 41.6 Å². The van der Waals surface area contributed by atoms with Gasteiger partial charge in [0.1, 0.15) is 5.76 Å². The Hall–Kier alpha value is -2.40. The molecule has 24 heavy (non-hydrogen) atoms. The average molecular weight is 320 g/mol. The summed E-state index contributed by atoms with van der Waals surface area (Å²) in [5.41, 5.74) is 4.71. The third-order valence-electron chi connectivity index (χ3n) is 5.31. The first kappa shape index (κ1) is 14.0. The quantitative estimate of drug-likeness (QED) is 0.742. The second-order valence-electron chi connectivity index (χ2n) is 6.78. The van der Waals surface area contributed by atoms with Gasteiger partial charge in [-0.1, -0.05) is 6.08 Å². The Balaban J connectivity index is 1.46. The highest BCUT2D eigenvalue weighted by atomic mass is 16.3. The molecule has 3 aromatic rings. The zero-order valence-electron chi connectivity index (χ0n) is 13.7. The van der Waals surface area contributed by atoms with E-state index >= 15 is 0 Å². The SMILES string of the molecule is Cc1cc2ncc3c(n2n1)CC1CCC3N1C/C=C/c1ccco1. The van der Waals surface area contributed by atoms with Crippen molar-refractivity contribution in [2.75, 3.05) is 6.54 Å². The average Bonchev–Trinajstić information content (AvgIpc) is 3.27. The molecule has 2 atom stereocenters. The van der Waals surface area contributed by atoms with Gasteiger partial charge in [0, 0.05) is 42.9 Å². The smallest absolute Gasteiger partial charge is 0.155 e. The molecular formula is C19H20N4O. The molecule has 3 aromatic heterocycles. The van der Waals surface area contributed by atoms with Crippen molar-refractivity contribution in [1.29, 1.82) is 0 Å². The second-order valence-corrected chi connectivity index (χ2v) is 6.78. The molecule has 0 saturated carbocycles. The maximum atomic E-state index is 5.37. The van der Waals surface area contributed by atoms with Gasteiger partial charge in [-0.05, 0) is 38.0 Å². The van der Waals surface area contributed by atoms with Crippen molar-refractivity contribution in [2.24, 2.45) is 0 Å². The molecule has 2 aliphatic rings. The zero-order valence-corrected chi connectivity index (χ0v) is 13.7. The van der Waals surface area contributed by atoms with E-state index < -0.39 is 0 Å². The van der Waals surface area contributed by atoms with E-state index in [0.717, 1.165) is 30.1 Å². The molecule has 0 amide bonds. The minimum Gasteiger partial charge on any atom is -0.465 e. The highest BCUT2D eigenvalue weighted by Gasteiger charge is 2.40. The van der Waals surface area contributed by atoms with Crippen LogP contribution in [0.5, 0.6) is 0 Å². The largest absolute Gasteiger partial charge is 0.465 e. The number of aromatic nitrogens is 3. The monoisotopic (exact) mass is 320 g/mol. The Labute approximate surface area is 140 Å². The van der Waals surface area contributed by atoms with Crippen molar-refractivity contribution in [2.45, 2.75) is 38.3 Å². The molecule has 1 saturated heterocycles. The molecule has 2 bridgehead atoms. The van der Waals surface area contributed by atoms with Gasteiger partial charge in [-0.2, -0.15) is 5.10 Å². The summed E-state index contributed by atoms with van der Waals surface area (Å²) in [5.74, 6) is 0.912. The fourth-order valence-electron chi connectivity index (χ4n) is 4.26. The van der Waals surface area contributed by atoms with Crippen LogP contribution in [-0.4, -0.2) is 32.1 Å². The number of hydrogen-bond acceptors (Lipinski definition) is 4. The molecule has 0 aromatic carbocycles. The summed E-state index contributed by atoms with van der Waals surface area (Å²) in [7, 11) is 0. The first-order chi connectivity index (χ1) is 11.8. The molecule has 5 nitrogen and oxygen atoms in total. The van der Waals surface area contributed by atoms with Gasteiger partial charge in [-0.25, -0.2) is 9.50 Å². The molecule has 0 N–H and O–H groups in total. The topological polar surface area (TPSA) is 46.6 Å². The van der Waals surface area contributed by atoms with Crippen LogP contribution in [0.2, 0.25) is 0 Å². The summed E-state index contributed by atoms with van der Waals surface area (Å²) in [6.45, 7) is 2.98. The van der Waals surface area contributed by atoms with E-state index in [1.807, 2.05) is 19.1 Å². The van der Waals surface area contributed by atoms with Crippen LogP contribution >= 0.6 is 0 Å². The Morgan fingerprint density at radius 1 is 1.38 bits per heavy atom. The van der Waals surface area contributed by atoms with Gasteiger partial charge in [0.05, 0.1) is 17.7 Å². The van der Waals surface area contributed by atoms with Crippen molar-refractivity contribution >= 4 is 11.7 Å². The van der Waals surface area contributed by atoms with Crippen LogP contribution in [0.15, 0.2) is 41.2 Å². The van der Waals surface area contributed by atoms with E-state index in [1.165, 1.54) is 24.1 Å². The summed E-state index contributed by atoms with van der Waals surface area (Å²) in [6.07, 6.45) is 11.6. The zero-order chi connectivity index (χ0) is 16.1. The van der Waals surface area contributed by atoms with Crippen LogP contribution < -0.4 is 0 Å². The van der Waals surface area contributed by atoms with Crippen LogP contribution in [0.25, 0.3) is 11.7 Å². The van der Waals surface area contributed by atoms with E-state index in [4.69, 9.17) is 4.42 Å². The Morgan fingerprint density at radius 3 is 3.21 bits per heavy atom. The lowest BCUT2D eigenvalue weighted by Gasteiger charge is -2.35. The molecule has 5 heteroatoms. The summed E-state index contributed by atoms with van der Waals surface area (Å²) >= 11 is 0. The fraction of sp³-hybridized carbons (Fsp3) is 0.368. The molecular weight excluding hydrogens is 300 g/mol. The third-order valence-corrected chi connectivity index (χ3v) is 5.31. The predicted molar refractivity (Wildman–Crippen MR) is 91.6 cm³/mol. The van der Waals surface area contributed by atoms with Gasteiger partial charge in [0.2, 0.25) is 0 Å². The summed E-state index contributed by atoms with van der Waals surface area (Å²) < 4.78 is 7.43. The van der Waals surface area contributed by atoms with E-state index in [2.05, 4.69) is 43.9 Å². The standard InChI is InChI=1S/C19H20N4O/c1-13-10-19-20-12-16-17-7-6-14(11-18(16)23(19)21-13)22(17)8-2-4-15-5-3-9-24-15/h2-5,9-10,12,14,17H,6-8,11H2,1H3/b4-2+. The van der Waals surface area contributed by atoms with Gasteiger partial charge < -0.3 is 4.42 Å². The first-order valence-corrected chi connectivity index (χ1v) is 8.59. The van der Waals surface area contributed by atoms with E-state index in [1.54, 1.807) is 6.26 Å². The molecule has 2 unspecified atom stereocenters. The summed E-state index contributed by atoms with van der Waals surface area (Å²) in [5, 5.41) is 4.65. The third kappa shape index (κ3) is 2.12. The Kier molecular flexibility index (Phi) is 3.10. The lowest BCUT2D eigenvalue weighted by molar-refractivity contribution is 0.195. The minimum atomic E-state index is 0.460. The summed E-state index contributed by atoms with van der Waals surface area (Å²) in [6, 6.07) is 7.02. The Bertz CT molecular complexity index is 909. The lowest BCUT2D eigenvalue weighted by atomic mass is 9.99. The highest BCUT2D eigenvalue weighted by Crippen LogP contribution is 2.43. The fourth-order valence-corrected chi connectivity index (χ4v) is 4.26. The van der Waals surface area contributed by atoms with Crippen molar-refractivity contribution in [3.8, 4) is 0 Å². The van der Waals surface area contributed by atoms with E-state index in [0.29, 0.717) is 12.1 Å². The molecule has 122 valence electrons. The Morgan fingerprint density at radius 2 is 2.33 bits per heavy atom. The molecule has 0 radical (unpaired) electrons. The first-order valence-electron chi connectivity index (χ1n) is 8.59. The normalized spacial score (nSPS) is 23.4. The van der Waals surface area contributed by atoms with Crippen LogP contribution in [0.3, 0.4) is 0 Å². The van der Waals surface area contributed by atoms with Crippen molar-refractivity contribution in [1.82, 2.24) is 19.5 Å². The number of rotatable bonds is 3. The second kappa shape index (κ2) is 5.31. The number of hydrogen-bond donors (Lipinski definition) is 0.